The fourth-order valence-electron chi connectivity index (χ4n) is 2.09. The molecule has 1 aliphatic heterocycles. The number of halogens is 1. The monoisotopic (exact) mass is 282 g/mol. The Hall–Kier alpha value is -2.15. The van der Waals surface area contributed by atoms with Gasteiger partial charge in [-0.1, -0.05) is 0 Å². The van der Waals surface area contributed by atoms with Crippen molar-refractivity contribution >= 4 is 17.7 Å². The molecule has 2 amide bonds. The van der Waals surface area contributed by atoms with E-state index in [4.69, 9.17) is 5.11 Å². The first-order chi connectivity index (χ1) is 9.28. The average Bonchev–Trinajstić information content (AvgIpc) is 2.72. The van der Waals surface area contributed by atoms with Gasteiger partial charge in [-0.15, -0.1) is 0 Å². The molecule has 0 radical (unpaired) electrons. The topological polar surface area (TPSA) is 89.9 Å². The highest BCUT2D eigenvalue weighted by Crippen LogP contribution is 2.21. The number of likely N-dealkylation sites (tertiary alicyclic amines) is 1. The first-order valence-electron chi connectivity index (χ1n) is 6.10. The summed E-state index contributed by atoms with van der Waals surface area (Å²) in [6.07, 6.45) is 0.476. The molecule has 1 saturated heterocycles. The molecule has 1 atom stereocenters. The van der Waals surface area contributed by atoms with Gasteiger partial charge in [0.1, 0.15) is 5.82 Å². The third-order valence-corrected chi connectivity index (χ3v) is 3.19. The second-order valence-corrected chi connectivity index (χ2v) is 5.10. The number of benzene rings is 1. The van der Waals surface area contributed by atoms with Crippen molar-refractivity contribution in [3.63, 3.8) is 0 Å². The highest BCUT2D eigenvalue weighted by atomic mass is 19.1. The van der Waals surface area contributed by atoms with E-state index in [1.165, 1.54) is 11.0 Å². The summed E-state index contributed by atoms with van der Waals surface area (Å²) in [6.45, 7) is 2.25. The van der Waals surface area contributed by atoms with Crippen LogP contribution in [-0.2, 0) is 0 Å². The average molecular weight is 282 g/mol. The summed E-state index contributed by atoms with van der Waals surface area (Å²) in [5, 5.41) is 21.1. The minimum atomic E-state index is -1.40. The van der Waals surface area contributed by atoms with Crippen molar-refractivity contribution in [2.45, 2.75) is 18.9 Å². The van der Waals surface area contributed by atoms with Crippen molar-refractivity contribution in [2.75, 3.05) is 18.4 Å². The molecular formula is C13H15FN2O4. The van der Waals surface area contributed by atoms with Crippen LogP contribution in [-0.4, -0.2) is 45.8 Å². The van der Waals surface area contributed by atoms with Crippen molar-refractivity contribution in [3.05, 3.63) is 29.6 Å². The number of amides is 2. The molecule has 20 heavy (non-hydrogen) atoms. The number of carbonyl (C=O) groups is 2. The number of carbonyl (C=O) groups excluding carboxylic acids is 1. The van der Waals surface area contributed by atoms with Crippen LogP contribution in [0.1, 0.15) is 23.7 Å². The summed E-state index contributed by atoms with van der Waals surface area (Å²) in [7, 11) is 0. The molecule has 1 aliphatic rings. The van der Waals surface area contributed by atoms with Crippen molar-refractivity contribution in [1.82, 2.24) is 4.90 Å². The van der Waals surface area contributed by atoms with E-state index in [-0.39, 0.29) is 12.2 Å². The lowest BCUT2D eigenvalue weighted by molar-refractivity contribution is 0.0691. The van der Waals surface area contributed by atoms with Crippen LogP contribution < -0.4 is 5.32 Å². The zero-order chi connectivity index (χ0) is 14.9. The maximum atomic E-state index is 13.2. The number of hydrogen-bond donors (Lipinski definition) is 3. The molecular weight excluding hydrogens is 267 g/mol. The van der Waals surface area contributed by atoms with Gasteiger partial charge >= 0.3 is 12.0 Å². The molecule has 1 heterocycles. The van der Waals surface area contributed by atoms with E-state index in [2.05, 4.69) is 5.32 Å². The van der Waals surface area contributed by atoms with Gasteiger partial charge in [0.05, 0.1) is 17.7 Å². The molecule has 1 aromatic rings. The Balaban J connectivity index is 2.09. The number of nitrogens with one attached hydrogen (secondary N) is 1. The molecule has 2 rings (SSSR count). The lowest BCUT2D eigenvalue weighted by atomic mass is 10.1. The molecule has 0 bridgehead atoms. The molecule has 0 aliphatic carbocycles. The fourth-order valence-corrected chi connectivity index (χ4v) is 2.09. The van der Waals surface area contributed by atoms with Gasteiger partial charge in [0.15, 0.2) is 0 Å². The predicted octanol–water partition coefficient (Wildman–Crippen LogP) is 1.51. The van der Waals surface area contributed by atoms with Crippen LogP contribution in [0.3, 0.4) is 0 Å². The van der Waals surface area contributed by atoms with Crippen molar-refractivity contribution < 1.29 is 24.2 Å². The molecule has 0 spiro atoms. The summed E-state index contributed by atoms with van der Waals surface area (Å²) in [6, 6.07) is 2.88. The van der Waals surface area contributed by atoms with Crippen LogP contribution in [0.2, 0.25) is 0 Å². The van der Waals surface area contributed by atoms with Crippen LogP contribution >= 0.6 is 0 Å². The Labute approximate surface area is 114 Å². The Morgan fingerprint density at radius 1 is 1.45 bits per heavy atom. The normalized spacial score (nSPS) is 21.9. The zero-order valence-electron chi connectivity index (χ0n) is 10.9. The summed E-state index contributed by atoms with van der Waals surface area (Å²) >= 11 is 0. The first-order valence-corrected chi connectivity index (χ1v) is 6.10. The van der Waals surface area contributed by atoms with Gasteiger partial charge in [0, 0.05) is 12.2 Å². The summed E-state index contributed by atoms with van der Waals surface area (Å²) < 4.78 is 13.2. The predicted molar refractivity (Wildman–Crippen MR) is 69.2 cm³/mol. The molecule has 3 N–H and O–H groups in total. The van der Waals surface area contributed by atoms with E-state index < -0.39 is 29.0 Å². The van der Waals surface area contributed by atoms with Crippen molar-refractivity contribution in [3.8, 4) is 0 Å². The quantitative estimate of drug-likeness (QED) is 0.767. The first kappa shape index (κ1) is 14.3. The molecule has 1 unspecified atom stereocenters. The molecule has 7 heteroatoms. The summed E-state index contributed by atoms with van der Waals surface area (Å²) in [5.41, 5.74) is -1.22. The van der Waals surface area contributed by atoms with Crippen molar-refractivity contribution in [2.24, 2.45) is 0 Å². The van der Waals surface area contributed by atoms with E-state index in [1.54, 1.807) is 6.92 Å². The molecule has 108 valence electrons. The molecule has 6 nitrogen and oxygen atoms in total. The van der Waals surface area contributed by atoms with Crippen LogP contribution in [0.4, 0.5) is 14.9 Å². The number of β-amino-alcohol motifs (C(OH)–C–C–N with tert-alkyl or cyclic N) is 1. The van der Waals surface area contributed by atoms with Crippen LogP contribution in [0.15, 0.2) is 18.2 Å². The molecule has 0 saturated carbocycles. The lowest BCUT2D eigenvalue weighted by Crippen LogP contribution is -2.36. The third-order valence-electron chi connectivity index (χ3n) is 3.19. The highest BCUT2D eigenvalue weighted by Gasteiger charge is 2.34. The van der Waals surface area contributed by atoms with E-state index in [0.717, 1.165) is 12.1 Å². The van der Waals surface area contributed by atoms with Gasteiger partial charge in [-0.05, 0) is 31.5 Å². The second kappa shape index (κ2) is 5.09. The maximum Gasteiger partial charge on any atom is 0.338 e. The van der Waals surface area contributed by atoms with Crippen LogP contribution in [0.5, 0.6) is 0 Å². The van der Waals surface area contributed by atoms with E-state index in [0.29, 0.717) is 13.0 Å². The van der Waals surface area contributed by atoms with E-state index in [1.807, 2.05) is 0 Å². The van der Waals surface area contributed by atoms with Gasteiger partial charge in [-0.2, -0.15) is 0 Å². The molecule has 0 aromatic heterocycles. The highest BCUT2D eigenvalue weighted by molar-refractivity contribution is 5.93. The number of urea groups is 1. The number of hydrogen-bond acceptors (Lipinski definition) is 3. The number of anilines is 1. The van der Waals surface area contributed by atoms with E-state index in [9.17, 15) is 19.1 Å². The van der Waals surface area contributed by atoms with E-state index >= 15 is 0 Å². The fraction of sp³-hybridized carbons (Fsp3) is 0.385. The van der Waals surface area contributed by atoms with Crippen molar-refractivity contribution in [1.29, 1.82) is 0 Å². The lowest BCUT2D eigenvalue weighted by Gasteiger charge is -2.19. The second-order valence-electron chi connectivity index (χ2n) is 5.10. The van der Waals surface area contributed by atoms with Gasteiger partial charge in [-0.25, -0.2) is 14.0 Å². The zero-order valence-corrected chi connectivity index (χ0v) is 10.9. The standard InChI is InChI=1S/C13H15FN2O4/c1-13(20)4-5-16(7-13)12(19)15-8-2-3-10(14)9(6-8)11(17)18/h2-3,6,20H,4-5,7H2,1H3,(H,15,19)(H,17,18). The summed E-state index contributed by atoms with van der Waals surface area (Å²) in [5.74, 6) is -2.26. The van der Waals surface area contributed by atoms with Gasteiger partial charge in [-0.3, -0.25) is 0 Å². The summed E-state index contributed by atoms with van der Waals surface area (Å²) in [4.78, 5) is 24.2. The van der Waals surface area contributed by atoms with Crippen LogP contribution in [0, 0.1) is 5.82 Å². The number of aromatic carboxylic acids is 1. The van der Waals surface area contributed by atoms with Gasteiger partial charge < -0.3 is 20.4 Å². The Morgan fingerprint density at radius 3 is 2.70 bits per heavy atom. The number of carboxylic acids is 1. The Kier molecular flexibility index (Phi) is 3.63. The Bertz CT molecular complexity index is 559. The van der Waals surface area contributed by atoms with Gasteiger partial charge in [0.25, 0.3) is 0 Å². The number of carboxylic acid groups (broad SMARTS) is 1. The SMILES string of the molecule is CC1(O)CCN(C(=O)Nc2ccc(F)c(C(=O)O)c2)C1. The minimum absolute atomic E-state index is 0.195. The smallest absolute Gasteiger partial charge is 0.338 e. The number of aliphatic hydroxyl groups is 1. The number of nitrogens with zero attached hydrogens (tertiary/aromatic N) is 1. The maximum absolute atomic E-state index is 13.2. The molecule has 1 aromatic carbocycles. The van der Waals surface area contributed by atoms with Crippen LogP contribution in [0.25, 0.3) is 0 Å². The molecule has 1 fully saturated rings. The largest absolute Gasteiger partial charge is 0.478 e. The Morgan fingerprint density at radius 2 is 2.15 bits per heavy atom. The van der Waals surface area contributed by atoms with Gasteiger partial charge in [0.2, 0.25) is 0 Å². The third kappa shape index (κ3) is 3.05. The minimum Gasteiger partial charge on any atom is -0.478 e. The number of rotatable bonds is 2.